The van der Waals surface area contributed by atoms with Gasteiger partial charge in [-0.05, 0) is 25.3 Å². The summed E-state index contributed by atoms with van der Waals surface area (Å²) in [6.07, 6.45) is 1.49. The summed E-state index contributed by atoms with van der Waals surface area (Å²) in [6.45, 7) is 4.66. The van der Waals surface area contributed by atoms with Crippen molar-refractivity contribution in [3.8, 4) is 0 Å². The van der Waals surface area contributed by atoms with Gasteiger partial charge in [0.1, 0.15) is 0 Å². The van der Waals surface area contributed by atoms with Crippen molar-refractivity contribution < 1.29 is 13.2 Å². The smallest absolute Gasteiger partial charge is 0.279 e. The minimum atomic E-state index is -3.55. The van der Waals surface area contributed by atoms with E-state index in [1.54, 1.807) is 6.20 Å². The molecule has 1 N–H and O–H groups in total. The molecule has 2 heterocycles. The lowest BCUT2D eigenvalue weighted by Gasteiger charge is -2.34. The first-order valence-corrected chi connectivity index (χ1v) is 9.12. The van der Waals surface area contributed by atoms with Crippen molar-refractivity contribution in [2.45, 2.75) is 32.6 Å². The Bertz CT molecular complexity index is 779. The summed E-state index contributed by atoms with van der Waals surface area (Å²) in [5.74, 6) is 0. The van der Waals surface area contributed by atoms with Crippen molar-refractivity contribution in [2.75, 3.05) is 13.1 Å². The molecule has 2 atom stereocenters. The molecule has 6 nitrogen and oxygen atoms in total. The Morgan fingerprint density at radius 2 is 1.91 bits per heavy atom. The highest BCUT2D eigenvalue weighted by molar-refractivity contribution is 7.87. The fourth-order valence-corrected chi connectivity index (χ4v) is 4.21. The molecular weight excluding hydrogens is 314 g/mol. The van der Waals surface area contributed by atoms with Crippen molar-refractivity contribution >= 4 is 21.0 Å². The molecular formula is C16H21N3O3S. The zero-order valence-corrected chi connectivity index (χ0v) is 14.1. The normalized spacial score (nSPS) is 23.2. The number of pyridine rings is 1. The molecule has 1 aliphatic rings. The van der Waals surface area contributed by atoms with E-state index in [-0.39, 0.29) is 18.8 Å². The highest BCUT2D eigenvalue weighted by Crippen LogP contribution is 2.17. The van der Waals surface area contributed by atoms with Crippen LogP contribution in [0.2, 0.25) is 0 Å². The van der Waals surface area contributed by atoms with Crippen molar-refractivity contribution in [2.24, 2.45) is 0 Å². The number of hydrogen-bond acceptors (Lipinski definition) is 4. The molecule has 124 valence electrons. The first-order valence-electron chi connectivity index (χ1n) is 7.68. The van der Waals surface area contributed by atoms with Crippen molar-refractivity contribution in [3.63, 3.8) is 0 Å². The molecule has 23 heavy (non-hydrogen) atoms. The maximum absolute atomic E-state index is 12.5. The van der Waals surface area contributed by atoms with E-state index in [1.807, 2.05) is 44.2 Å². The molecule has 0 bridgehead atoms. The van der Waals surface area contributed by atoms with Crippen LogP contribution >= 0.6 is 0 Å². The second-order valence-corrected chi connectivity index (χ2v) is 7.63. The quantitative estimate of drug-likeness (QED) is 0.923. The van der Waals surface area contributed by atoms with Gasteiger partial charge < -0.3 is 4.74 Å². The molecule has 1 aromatic heterocycles. The monoisotopic (exact) mass is 335 g/mol. The third-order valence-electron chi connectivity index (χ3n) is 3.90. The summed E-state index contributed by atoms with van der Waals surface area (Å²) in [6, 6.07) is 9.73. The maximum Gasteiger partial charge on any atom is 0.279 e. The first kappa shape index (κ1) is 16.3. The lowest BCUT2D eigenvalue weighted by atomic mass is 10.1. The molecule has 2 aromatic rings. The second kappa shape index (κ2) is 6.52. The number of nitrogens with one attached hydrogen (secondary N) is 1. The van der Waals surface area contributed by atoms with Crippen LogP contribution in [0.5, 0.6) is 0 Å². The third kappa shape index (κ3) is 3.69. The van der Waals surface area contributed by atoms with E-state index in [2.05, 4.69) is 9.71 Å². The molecule has 0 aliphatic carbocycles. The van der Waals surface area contributed by atoms with Crippen molar-refractivity contribution in [1.82, 2.24) is 14.0 Å². The van der Waals surface area contributed by atoms with Gasteiger partial charge in [0.25, 0.3) is 10.2 Å². The Morgan fingerprint density at radius 3 is 2.65 bits per heavy atom. The Kier molecular flexibility index (Phi) is 4.63. The summed E-state index contributed by atoms with van der Waals surface area (Å²) in [4.78, 5) is 4.31. The first-order chi connectivity index (χ1) is 11.0. The predicted molar refractivity (Wildman–Crippen MR) is 89.1 cm³/mol. The van der Waals surface area contributed by atoms with E-state index >= 15 is 0 Å². The van der Waals surface area contributed by atoms with E-state index in [9.17, 15) is 8.42 Å². The van der Waals surface area contributed by atoms with Crippen LogP contribution in [0.4, 0.5) is 0 Å². The van der Waals surface area contributed by atoms with Gasteiger partial charge in [-0.3, -0.25) is 4.98 Å². The number of benzene rings is 1. The molecule has 0 radical (unpaired) electrons. The van der Waals surface area contributed by atoms with E-state index in [1.165, 1.54) is 4.31 Å². The fourth-order valence-electron chi connectivity index (χ4n) is 2.90. The molecule has 0 saturated carbocycles. The summed E-state index contributed by atoms with van der Waals surface area (Å²) >= 11 is 0. The lowest BCUT2D eigenvalue weighted by Crippen LogP contribution is -2.51. The van der Waals surface area contributed by atoms with E-state index in [4.69, 9.17) is 4.74 Å². The fraction of sp³-hybridized carbons (Fsp3) is 0.438. The molecule has 3 rings (SSSR count). The number of rotatable bonds is 4. The predicted octanol–water partition coefficient (Wildman–Crippen LogP) is 1.68. The van der Waals surface area contributed by atoms with Gasteiger partial charge in [-0.1, -0.05) is 24.3 Å². The van der Waals surface area contributed by atoms with Crippen LogP contribution in [0.15, 0.2) is 36.5 Å². The third-order valence-corrected chi connectivity index (χ3v) is 5.39. The summed E-state index contributed by atoms with van der Waals surface area (Å²) in [7, 11) is -3.55. The lowest BCUT2D eigenvalue weighted by molar-refractivity contribution is -0.0444. The zero-order valence-electron chi connectivity index (χ0n) is 13.3. The van der Waals surface area contributed by atoms with Gasteiger partial charge in [0, 0.05) is 24.7 Å². The average Bonchev–Trinajstić information content (AvgIpc) is 2.52. The number of fused-ring (bicyclic) bond motifs is 1. The molecule has 0 amide bonds. The van der Waals surface area contributed by atoms with Gasteiger partial charge in [0.2, 0.25) is 0 Å². The summed E-state index contributed by atoms with van der Waals surface area (Å²) in [5, 5.41) is 2.01. The van der Waals surface area contributed by atoms with Crippen molar-refractivity contribution in [3.05, 3.63) is 42.2 Å². The topological polar surface area (TPSA) is 71.5 Å². The van der Waals surface area contributed by atoms with Gasteiger partial charge >= 0.3 is 0 Å². The summed E-state index contributed by atoms with van der Waals surface area (Å²) < 4.78 is 34.7. The van der Waals surface area contributed by atoms with E-state index in [0.717, 1.165) is 16.5 Å². The summed E-state index contributed by atoms with van der Waals surface area (Å²) in [5.41, 5.74) is 0.723. The number of hydrogen-bond donors (Lipinski definition) is 1. The Labute approximate surface area is 136 Å². The maximum atomic E-state index is 12.5. The molecule has 7 heteroatoms. The largest absolute Gasteiger partial charge is 0.373 e. The second-order valence-electron chi connectivity index (χ2n) is 5.88. The van der Waals surface area contributed by atoms with Crippen LogP contribution in [-0.4, -0.2) is 43.0 Å². The van der Waals surface area contributed by atoms with Gasteiger partial charge in [-0.2, -0.15) is 17.4 Å². The highest BCUT2D eigenvalue weighted by atomic mass is 32.2. The van der Waals surface area contributed by atoms with Crippen LogP contribution < -0.4 is 4.72 Å². The minimum Gasteiger partial charge on any atom is -0.373 e. The SMILES string of the molecule is CC1CN(S(=O)(=O)NCc2nccc3ccccc23)CC(C)O1. The van der Waals surface area contributed by atoms with Crippen molar-refractivity contribution in [1.29, 1.82) is 0 Å². The van der Waals surface area contributed by atoms with Crippen LogP contribution in [0.25, 0.3) is 10.8 Å². The Morgan fingerprint density at radius 1 is 1.22 bits per heavy atom. The Balaban J connectivity index is 1.76. The minimum absolute atomic E-state index is 0.106. The molecule has 1 saturated heterocycles. The molecule has 2 unspecified atom stereocenters. The van der Waals surface area contributed by atoms with Crippen LogP contribution in [0, 0.1) is 0 Å². The van der Waals surface area contributed by atoms with Crippen LogP contribution in [0.3, 0.4) is 0 Å². The standard InChI is InChI=1S/C16H21N3O3S/c1-12-10-19(11-13(2)22-12)23(20,21)18-9-16-15-6-4-3-5-14(15)7-8-17-16/h3-8,12-13,18H,9-11H2,1-2H3. The molecule has 1 aromatic carbocycles. The highest BCUT2D eigenvalue weighted by Gasteiger charge is 2.30. The average molecular weight is 335 g/mol. The van der Waals surface area contributed by atoms with Gasteiger partial charge in [-0.15, -0.1) is 0 Å². The van der Waals surface area contributed by atoms with Gasteiger partial charge in [0.15, 0.2) is 0 Å². The molecule has 1 aliphatic heterocycles. The van der Waals surface area contributed by atoms with E-state index < -0.39 is 10.2 Å². The number of aromatic nitrogens is 1. The van der Waals surface area contributed by atoms with Crippen LogP contribution in [-0.2, 0) is 21.5 Å². The van der Waals surface area contributed by atoms with Gasteiger partial charge in [-0.25, -0.2) is 0 Å². The molecule has 1 fully saturated rings. The number of morpholine rings is 1. The van der Waals surface area contributed by atoms with Gasteiger partial charge in [0.05, 0.1) is 24.4 Å². The zero-order chi connectivity index (χ0) is 16.4. The number of nitrogens with zero attached hydrogens (tertiary/aromatic N) is 2. The number of ether oxygens (including phenoxy) is 1. The van der Waals surface area contributed by atoms with E-state index in [0.29, 0.717) is 13.1 Å². The van der Waals surface area contributed by atoms with Crippen LogP contribution in [0.1, 0.15) is 19.5 Å². The molecule has 0 spiro atoms. The Hall–Kier alpha value is -1.54.